The van der Waals surface area contributed by atoms with Crippen molar-refractivity contribution in [2.45, 2.75) is 16.2 Å². The molecule has 0 radical (unpaired) electrons. The Balaban J connectivity index is 1.51. The van der Waals surface area contributed by atoms with Gasteiger partial charge in [0.1, 0.15) is 0 Å². The first kappa shape index (κ1) is 19.4. The first-order valence-electron chi connectivity index (χ1n) is 8.03. The lowest BCUT2D eigenvalue weighted by Crippen LogP contribution is -2.14. The lowest BCUT2D eigenvalue weighted by Gasteiger charge is -2.08. The highest BCUT2D eigenvalue weighted by Crippen LogP contribution is 2.20. The molecular weight excluding hydrogens is 402 g/mol. The number of nitrogens with one attached hydrogen (secondary N) is 2. The van der Waals surface area contributed by atoms with Crippen molar-refractivity contribution in [3.8, 4) is 0 Å². The molecule has 1 amide bonds. The Hall–Kier alpha value is -2.36. The predicted octanol–water partition coefficient (Wildman–Crippen LogP) is 4.06. The van der Waals surface area contributed by atoms with Gasteiger partial charge < -0.3 is 5.32 Å². The molecule has 6 nitrogen and oxygen atoms in total. The third kappa shape index (κ3) is 5.81. The standard InChI is InChI=1S/C18H17N3O3S3/c22-17(10-12-25-15-4-2-1-3-5-15)20-14-6-8-16(9-7-14)27(23,24)21-18-19-11-13-26-18/h1-9,11,13H,10,12H2,(H,19,21)(H,20,22). The first-order chi connectivity index (χ1) is 13.0. The van der Waals surface area contributed by atoms with Gasteiger partial charge in [-0.05, 0) is 36.4 Å². The maximum Gasteiger partial charge on any atom is 0.263 e. The number of hydrogen-bond donors (Lipinski definition) is 2. The number of carbonyl (C=O) groups excluding carboxylic acids is 1. The summed E-state index contributed by atoms with van der Waals surface area (Å²) in [6.07, 6.45) is 1.89. The Labute approximate surface area is 166 Å². The van der Waals surface area contributed by atoms with Crippen molar-refractivity contribution < 1.29 is 13.2 Å². The third-order valence-corrected chi connectivity index (χ3v) is 6.63. The van der Waals surface area contributed by atoms with Crippen LogP contribution in [0.15, 0.2) is 76.0 Å². The number of benzene rings is 2. The summed E-state index contributed by atoms with van der Waals surface area (Å²) in [5, 5.41) is 4.77. The van der Waals surface area contributed by atoms with Crippen LogP contribution in [0.4, 0.5) is 10.8 Å². The molecule has 0 unspecified atom stereocenters. The van der Waals surface area contributed by atoms with Crippen LogP contribution >= 0.6 is 23.1 Å². The molecule has 1 heterocycles. The molecule has 0 atom stereocenters. The van der Waals surface area contributed by atoms with Crippen LogP contribution in [0.3, 0.4) is 0 Å². The molecule has 0 spiro atoms. The van der Waals surface area contributed by atoms with Gasteiger partial charge in [0.25, 0.3) is 10.0 Å². The summed E-state index contributed by atoms with van der Waals surface area (Å²) in [7, 11) is -3.69. The summed E-state index contributed by atoms with van der Waals surface area (Å²) in [4.78, 5) is 17.2. The molecule has 0 aliphatic carbocycles. The number of thioether (sulfide) groups is 1. The smallest absolute Gasteiger partial charge is 0.263 e. The molecule has 1 aromatic heterocycles. The van der Waals surface area contributed by atoms with Crippen LogP contribution < -0.4 is 10.0 Å². The van der Waals surface area contributed by atoms with Gasteiger partial charge in [-0.3, -0.25) is 9.52 Å². The van der Waals surface area contributed by atoms with E-state index < -0.39 is 10.0 Å². The molecular formula is C18H17N3O3S3. The highest BCUT2D eigenvalue weighted by molar-refractivity contribution is 7.99. The molecule has 2 N–H and O–H groups in total. The topological polar surface area (TPSA) is 88.2 Å². The Morgan fingerprint density at radius 1 is 1.07 bits per heavy atom. The first-order valence-corrected chi connectivity index (χ1v) is 11.4. The number of sulfonamides is 1. The van der Waals surface area contributed by atoms with Crippen LogP contribution in [0.5, 0.6) is 0 Å². The summed E-state index contributed by atoms with van der Waals surface area (Å²) in [6, 6.07) is 15.9. The molecule has 0 saturated heterocycles. The van der Waals surface area contributed by atoms with E-state index >= 15 is 0 Å². The zero-order chi connectivity index (χ0) is 19.1. The van der Waals surface area contributed by atoms with Gasteiger partial charge in [-0.25, -0.2) is 13.4 Å². The molecule has 27 heavy (non-hydrogen) atoms. The Bertz CT molecular complexity index is 974. The summed E-state index contributed by atoms with van der Waals surface area (Å²) in [5.74, 6) is 0.551. The second-order valence-corrected chi connectivity index (χ2v) is 9.17. The van der Waals surface area contributed by atoms with Gasteiger partial charge >= 0.3 is 0 Å². The summed E-state index contributed by atoms with van der Waals surface area (Å²) < 4.78 is 27.0. The number of anilines is 2. The molecule has 2 aromatic carbocycles. The Morgan fingerprint density at radius 2 is 1.81 bits per heavy atom. The number of hydrogen-bond acceptors (Lipinski definition) is 6. The summed E-state index contributed by atoms with van der Waals surface area (Å²) >= 11 is 2.81. The molecule has 0 fully saturated rings. The van der Waals surface area contributed by atoms with Crippen molar-refractivity contribution in [1.29, 1.82) is 0 Å². The zero-order valence-corrected chi connectivity index (χ0v) is 16.6. The van der Waals surface area contributed by atoms with Gasteiger partial charge in [0.15, 0.2) is 5.13 Å². The van der Waals surface area contributed by atoms with Crippen LogP contribution in [0.25, 0.3) is 0 Å². The van der Waals surface area contributed by atoms with E-state index in [1.807, 2.05) is 30.3 Å². The highest BCUT2D eigenvalue weighted by Gasteiger charge is 2.15. The number of aromatic nitrogens is 1. The van der Waals surface area contributed by atoms with E-state index in [1.54, 1.807) is 29.3 Å². The van der Waals surface area contributed by atoms with Crippen molar-refractivity contribution in [2.24, 2.45) is 0 Å². The van der Waals surface area contributed by atoms with Crippen LogP contribution in [-0.4, -0.2) is 25.1 Å². The van der Waals surface area contributed by atoms with Gasteiger partial charge in [-0.15, -0.1) is 23.1 Å². The largest absolute Gasteiger partial charge is 0.326 e. The van der Waals surface area contributed by atoms with E-state index in [-0.39, 0.29) is 10.8 Å². The Morgan fingerprint density at radius 3 is 2.48 bits per heavy atom. The van der Waals surface area contributed by atoms with Crippen molar-refractivity contribution in [3.05, 3.63) is 66.2 Å². The normalized spacial score (nSPS) is 11.1. The average molecular weight is 420 g/mol. The van der Waals surface area contributed by atoms with Crippen LogP contribution in [0.1, 0.15) is 6.42 Å². The van der Waals surface area contributed by atoms with Gasteiger partial charge in [0.2, 0.25) is 5.91 Å². The Kier molecular flexibility index (Phi) is 6.49. The number of rotatable bonds is 8. The molecule has 3 rings (SSSR count). The molecule has 3 aromatic rings. The fourth-order valence-corrected chi connectivity index (χ4v) is 4.83. The SMILES string of the molecule is O=C(CCSc1ccccc1)Nc1ccc(S(=O)(=O)Nc2nccs2)cc1. The maximum absolute atomic E-state index is 12.3. The third-order valence-electron chi connectivity index (χ3n) is 3.44. The van der Waals surface area contributed by atoms with Gasteiger partial charge in [-0.2, -0.15) is 0 Å². The number of carbonyl (C=O) groups is 1. The minimum atomic E-state index is -3.69. The fraction of sp³-hybridized carbons (Fsp3) is 0.111. The molecule has 9 heteroatoms. The molecule has 0 bridgehead atoms. The van der Waals surface area contributed by atoms with E-state index in [0.717, 1.165) is 4.90 Å². The van der Waals surface area contributed by atoms with E-state index in [4.69, 9.17) is 0 Å². The summed E-state index contributed by atoms with van der Waals surface area (Å²) in [5.41, 5.74) is 0.554. The van der Waals surface area contributed by atoms with Gasteiger partial charge in [-0.1, -0.05) is 18.2 Å². The van der Waals surface area contributed by atoms with Crippen molar-refractivity contribution in [2.75, 3.05) is 15.8 Å². The van der Waals surface area contributed by atoms with E-state index in [0.29, 0.717) is 23.0 Å². The van der Waals surface area contributed by atoms with Crippen LogP contribution in [-0.2, 0) is 14.8 Å². The molecule has 140 valence electrons. The minimum absolute atomic E-state index is 0.107. The van der Waals surface area contributed by atoms with Crippen molar-refractivity contribution in [3.63, 3.8) is 0 Å². The van der Waals surface area contributed by atoms with E-state index in [9.17, 15) is 13.2 Å². The van der Waals surface area contributed by atoms with Gasteiger partial charge in [0, 0.05) is 34.3 Å². The molecule has 0 aliphatic rings. The fourth-order valence-electron chi connectivity index (χ4n) is 2.17. The monoisotopic (exact) mass is 419 g/mol. The number of nitrogens with zero attached hydrogens (tertiary/aromatic N) is 1. The average Bonchev–Trinajstić information content (AvgIpc) is 3.15. The number of thiazole rings is 1. The summed E-state index contributed by atoms with van der Waals surface area (Å²) in [6.45, 7) is 0. The van der Waals surface area contributed by atoms with Crippen LogP contribution in [0, 0.1) is 0 Å². The second-order valence-electron chi connectivity index (χ2n) is 5.43. The molecule has 0 aliphatic heterocycles. The molecule has 0 saturated carbocycles. The van der Waals surface area contributed by atoms with Crippen molar-refractivity contribution in [1.82, 2.24) is 4.98 Å². The quantitative estimate of drug-likeness (QED) is 0.538. The second kappa shape index (κ2) is 9.03. The highest BCUT2D eigenvalue weighted by atomic mass is 32.2. The van der Waals surface area contributed by atoms with E-state index in [1.165, 1.54) is 29.7 Å². The predicted molar refractivity (Wildman–Crippen MR) is 110 cm³/mol. The van der Waals surface area contributed by atoms with Gasteiger partial charge in [0.05, 0.1) is 4.90 Å². The lowest BCUT2D eigenvalue weighted by atomic mass is 10.3. The lowest BCUT2D eigenvalue weighted by molar-refractivity contribution is -0.115. The number of amides is 1. The zero-order valence-electron chi connectivity index (χ0n) is 14.2. The minimum Gasteiger partial charge on any atom is -0.326 e. The maximum atomic E-state index is 12.3. The van der Waals surface area contributed by atoms with E-state index in [2.05, 4.69) is 15.0 Å². The van der Waals surface area contributed by atoms with Crippen molar-refractivity contribution >= 4 is 49.8 Å². The van der Waals surface area contributed by atoms with Crippen LogP contribution in [0.2, 0.25) is 0 Å².